The number of aryl methyl sites for hydroxylation is 1. The zero-order valence-electron chi connectivity index (χ0n) is 18.8. The first-order valence-electron chi connectivity index (χ1n) is 10.9. The highest BCUT2D eigenvalue weighted by Crippen LogP contribution is 2.23. The van der Waals surface area contributed by atoms with Crippen LogP contribution >= 0.6 is 0 Å². The standard InChI is InChI=1S/C22H23F2N8O2/c1-14-26-20(21-27-19(29-34-21)16-3-5-17(6-4-16)33-22(23)24)28-32(14)13-15-11-18(25-12-15)31-9-7-30(2)8-10-31/h3-6,11-12,22H,7-10,13H2,1-2H3/q+1/p+1. The van der Waals surface area contributed by atoms with Gasteiger partial charge in [-0.25, -0.2) is 19.2 Å². The lowest BCUT2D eigenvalue weighted by atomic mass is 10.2. The number of amidine groups is 1. The number of piperazine rings is 1. The van der Waals surface area contributed by atoms with E-state index < -0.39 is 6.61 Å². The number of nitrogens with one attached hydrogen (secondary N) is 1. The molecule has 10 nitrogen and oxygen atoms in total. The van der Waals surface area contributed by atoms with Crippen LogP contribution in [0.15, 0.2) is 40.4 Å². The summed E-state index contributed by atoms with van der Waals surface area (Å²) in [6.45, 7) is 3.71. The van der Waals surface area contributed by atoms with Crippen molar-refractivity contribution in [3.63, 3.8) is 0 Å². The molecule has 5 rings (SSSR count). The van der Waals surface area contributed by atoms with E-state index >= 15 is 0 Å². The molecule has 0 radical (unpaired) electrons. The summed E-state index contributed by atoms with van der Waals surface area (Å²) >= 11 is 0. The Hall–Kier alpha value is -3.89. The summed E-state index contributed by atoms with van der Waals surface area (Å²) in [5, 5.41) is 8.48. The summed E-state index contributed by atoms with van der Waals surface area (Å²) < 4.78 is 40.7. The molecule has 2 aliphatic rings. The van der Waals surface area contributed by atoms with Crippen LogP contribution in [-0.4, -0.2) is 81.7 Å². The maximum Gasteiger partial charge on any atom is 0.387 e. The number of alkyl halides is 2. The molecule has 0 atom stereocenters. The monoisotopic (exact) mass is 470 g/mol. The molecule has 0 saturated carbocycles. The molecular weight excluding hydrogens is 446 g/mol. The Morgan fingerprint density at radius 1 is 1.15 bits per heavy atom. The van der Waals surface area contributed by atoms with E-state index in [1.165, 1.54) is 17.0 Å². The predicted molar refractivity (Wildman–Crippen MR) is 120 cm³/mol. The Morgan fingerprint density at radius 3 is 2.65 bits per heavy atom. The van der Waals surface area contributed by atoms with Gasteiger partial charge >= 0.3 is 12.4 Å². The maximum atomic E-state index is 12.3. The number of aromatic nitrogens is 5. The third-order valence-electron chi connectivity index (χ3n) is 5.76. The van der Waals surface area contributed by atoms with Gasteiger partial charge in [0.25, 0.3) is 5.89 Å². The largest absolute Gasteiger partial charge is 0.435 e. The molecule has 2 aliphatic heterocycles. The van der Waals surface area contributed by atoms with E-state index in [1.54, 1.807) is 16.8 Å². The van der Waals surface area contributed by atoms with Crippen molar-refractivity contribution in [1.29, 1.82) is 0 Å². The number of rotatable bonds is 6. The van der Waals surface area contributed by atoms with Crippen LogP contribution in [0.3, 0.4) is 0 Å². The van der Waals surface area contributed by atoms with E-state index in [9.17, 15) is 8.78 Å². The minimum absolute atomic E-state index is 0.0531. The van der Waals surface area contributed by atoms with Crippen LogP contribution in [0.2, 0.25) is 0 Å². The fourth-order valence-corrected chi connectivity index (χ4v) is 3.82. The molecule has 1 N–H and O–H groups in total. The van der Waals surface area contributed by atoms with Crippen LogP contribution in [0.4, 0.5) is 8.78 Å². The highest BCUT2D eigenvalue weighted by Gasteiger charge is 2.29. The lowest BCUT2D eigenvalue weighted by Gasteiger charge is -2.24. The average molecular weight is 470 g/mol. The summed E-state index contributed by atoms with van der Waals surface area (Å²) in [6.07, 6.45) is 3.96. The first kappa shape index (κ1) is 21.9. The SMILES string of the molecule is Cc1nc(-c2nc(-c3ccc(OC(F)F)cc3)no2)nn1CC1=CC(N2CC[NH+](C)CC2)=[N+]=C1. The Morgan fingerprint density at radius 2 is 1.91 bits per heavy atom. The van der Waals surface area contributed by atoms with E-state index in [-0.39, 0.29) is 11.6 Å². The van der Waals surface area contributed by atoms with Gasteiger partial charge in [-0.2, -0.15) is 13.8 Å². The van der Waals surface area contributed by atoms with Crippen molar-refractivity contribution in [2.24, 2.45) is 0 Å². The molecule has 34 heavy (non-hydrogen) atoms. The van der Waals surface area contributed by atoms with Gasteiger partial charge in [-0.1, -0.05) is 5.16 Å². The number of hydrogen-bond donors (Lipinski definition) is 1. The molecule has 3 aromatic rings. The summed E-state index contributed by atoms with van der Waals surface area (Å²) in [5.74, 6) is 2.53. The Bertz CT molecular complexity index is 1270. The van der Waals surface area contributed by atoms with E-state index in [0.717, 1.165) is 37.6 Å². The van der Waals surface area contributed by atoms with E-state index in [2.05, 4.69) is 47.7 Å². The second kappa shape index (κ2) is 9.16. The zero-order valence-corrected chi connectivity index (χ0v) is 18.8. The van der Waals surface area contributed by atoms with E-state index in [0.29, 0.717) is 29.6 Å². The number of nitrogens with zero attached hydrogens (tertiary/aromatic N) is 7. The number of allylic oxidation sites excluding steroid dienone is 1. The van der Waals surface area contributed by atoms with Crippen LogP contribution in [0, 0.1) is 6.92 Å². The zero-order chi connectivity index (χ0) is 23.7. The number of quaternary nitrogens is 1. The summed E-state index contributed by atoms with van der Waals surface area (Å²) in [5.41, 5.74) is 1.63. The van der Waals surface area contributed by atoms with Crippen molar-refractivity contribution in [3.05, 3.63) is 41.7 Å². The molecule has 0 spiro atoms. The van der Waals surface area contributed by atoms with Crippen molar-refractivity contribution in [1.82, 2.24) is 34.5 Å². The molecule has 1 fully saturated rings. The smallest absolute Gasteiger partial charge is 0.387 e. The average Bonchev–Trinajstić information content (AvgIpc) is 3.56. The molecule has 0 unspecified atom stereocenters. The summed E-state index contributed by atoms with van der Waals surface area (Å²) in [4.78, 5) is 12.6. The molecule has 0 aliphatic carbocycles. The maximum absolute atomic E-state index is 12.3. The van der Waals surface area contributed by atoms with Crippen LogP contribution in [0.25, 0.3) is 23.1 Å². The van der Waals surface area contributed by atoms with Crippen LogP contribution in [0.1, 0.15) is 5.82 Å². The van der Waals surface area contributed by atoms with Gasteiger partial charge in [-0.15, -0.1) is 5.10 Å². The van der Waals surface area contributed by atoms with E-state index in [4.69, 9.17) is 4.52 Å². The lowest BCUT2D eigenvalue weighted by molar-refractivity contribution is -0.883. The van der Waals surface area contributed by atoms with Gasteiger partial charge in [-0.3, -0.25) is 0 Å². The molecule has 176 valence electrons. The van der Waals surface area contributed by atoms with Crippen molar-refractivity contribution >= 4 is 12.1 Å². The topological polar surface area (TPSA) is 101 Å². The fraction of sp³-hybridized carbons (Fsp3) is 0.364. The molecule has 1 aromatic carbocycles. The van der Waals surface area contributed by atoms with Crippen molar-refractivity contribution in [2.75, 3.05) is 33.2 Å². The van der Waals surface area contributed by atoms with E-state index in [1.807, 2.05) is 13.1 Å². The van der Waals surface area contributed by atoms with Crippen molar-refractivity contribution in [2.45, 2.75) is 20.1 Å². The van der Waals surface area contributed by atoms with Crippen molar-refractivity contribution < 1.29 is 22.9 Å². The predicted octanol–water partition coefficient (Wildman–Crippen LogP) is 0.212. The van der Waals surface area contributed by atoms with Crippen LogP contribution in [-0.2, 0) is 6.54 Å². The quantitative estimate of drug-likeness (QED) is 0.514. The number of halogens is 2. The number of ether oxygens (including phenoxy) is 1. The number of likely N-dealkylation sites (N-methyl/N-ethyl adjacent to an activating group) is 1. The number of hydrogen-bond acceptors (Lipinski definition) is 7. The first-order chi connectivity index (χ1) is 16.4. The van der Waals surface area contributed by atoms with Gasteiger partial charge in [-0.05, 0) is 31.2 Å². The third kappa shape index (κ3) is 4.73. The number of benzene rings is 1. The first-order valence-corrected chi connectivity index (χ1v) is 10.9. The highest BCUT2D eigenvalue weighted by molar-refractivity contribution is 6.04. The Kier molecular flexibility index (Phi) is 5.91. The molecule has 4 heterocycles. The van der Waals surface area contributed by atoms with Gasteiger partial charge in [0.05, 0.1) is 19.7 Å². The molecule has 0 bridgehead atoms. The lowest BCUT2D eigenvalue weighted by Crippen LogP contribution is -3.12. The normalized spacial score (nSPS) is 16.3. The van der Waals surface area contributed by atoms with Crippen molar-refractivity contribution in [3.8, 4) is 28.9 Å². The molecule has 0 amide bonds. The Labute approximate surface area is 193 Å². The third-order valence-corrected chi connectivity index (χ3v) is 5.76. The highest BCUT2D eigenvalue weighted by atomic mass is 19.3. The summed E-state index contributed by atoms with van der Waals surface area (Å²) in [6, 6.07) is 5.98. The van der Waals surface area contributed by atoms with Crippen LogP contribution < -0.4 is 14.3 Å². The van der Waals surface area contributed by atoms with Gasteiger partial charge in [0, 0.05) is 11.1 Å². The second-order valence-electron chi connectivity index (χ2n) is 8.25. The van der Waals surface area contributed by atoms with Gasteiger partial charge in [0.15, 0.2) is 6.21 Å². The second-order valence-corrected chi connectivity index (χ2v) is 8.25. The van der Waals surface area contributed by atoms with Gasteiger partial charge in [0.1, 0.15) is 37.8 Å². The molecule has 2 aromatic heterocycles. The minimum Gasteiger partial charge on any atom is -0.435 e. The minimum atomic E-state index is -2.88. The molecular formula is C22H24F2N8O2+2. The molecule has 1 saturated heterocycles. The summed E-state index contributed by atoms with van der Waals surface area (Å²) in [7, 11) is 2.21. The Balaban J connectivity index is 1.26. The van der Waals surface area contributed by atoms with Gasteiger partial charge in [0.2, 0.25) is 11.6 Å². The van der Waals surface area contributed by atoms with Crippen LogP contribution in [0.5, 0.6) is 5.75 Å². The fourth-order valence-electron chi connectivity index (χ4n) is 3.82. The molecule has 12 heteroatoms. The van der Waals surface area contributed by atoms with Gasteiger partial charge < -0.3 is 14.2 Å².